The molecule has 1 aliphatic heterocycles. The average Bonchev–Trinajstić information content (AvgIpc) is 2.68. The zero-order valence-electron chi connectivity index (χ0n) is 11.4. The quantitative estimate of drug-likeness (QED) is 0.769. The Hall–Kier alpha value is -2.03. The highest BCUT2D eigenvalue weighted by Crippen LogP contribution is 2.35. The molecule has 0 saturated carbocycles. The van der Waals surface area contributed by atoms with E-state index >= 15 is 0 Å². The maximum Gasteiger partial charge on any atom is 0.224 e. The number of carbonyl (C=O) groups is 1. The first-order valence-electron chi connectivity index (χ1n) is 6.71. The van der Waals surface area contributed by atoms with Crippen molar-refractivity contribution < 1.29 is 4.79 Å². The molecule has 1 aromatic carbocycles. The van der Waals surface area contributed by atoms with Crippen molar-refractivity contribution in [1.29, 1.82) is 0 Å². The molecule has 3 nitrogen and oxygen atoms in total. The largest absolute Gasteiger partial charge is 0.354 e. The third kappa shape index (κ3) is 2.05. The van der Waals surface area contributed by atoms with Gasteiger partial charge in [-0.1, -0.05) is 18.2 Å². The van der Waals surface area contributed by atoms with Crippen LogP contribution in [0.1, 0.15) is 24.1 Å². The van der Waals surface area contributed by atoms with Crippen molar-refractivity contribution in [2.24, 2.45) is 7.05 Å². The lowest BCUT2D eigenvalue weighted by Gasteiger charge is -2.11. The number of carbonyl (C=O) groups excluding carboxylic acids is 1. The lowest BCUT2D eigenvalue weighted by molar-refractivity contribution is -0.116. The summed E-state index contributed by atoms with van der Waals surface area (Å²) in [6.07, 6.45) is 4.59. The summed E-state index contributed by atoms with van der Waals surface area (Å²) in [6.45, 7) is 2.13. The third-order valence-electron chi connectivity index (χ3n) is 3.78. The molecule has 0 fully saturated rings. The fourth-order valence-electron chi connectivity index (χ4n) is 2.95. The first-order chi connectivity index (χ1) is 9.16. The molecule has 0 saturated heterocycles. The zero-order chi connectivity index (χ0) is 13.4. The van der Waals surface area contributed by atoms with Crippen LogP contribution in [-0.2, 0) is 18.3 Å². The number of aryl methyl sites for hydroxylation is 2. The summed E-state index contributed by atoms with van der Waals surface area (Å²) in [5, 5.41) is 3.03. The lowest BCUT2D eigenvalue weighted by Crippen LogP contribution is -2.11. The van der Waals surface area contributed by atoms with Gasteiger partial charge in [-0.05, 0) is 31.4 Å². The maximum absolute atomic E-state index is 11.9. The topological polar surface area (TPSA) is 34.0 Å². The Morgan fingerprint density at radius 3 is 2.84 bits per heavy atom. The smallest absolute Gasteiger partial charge is 0.224 e. The number of hydrogen-bond donors (Lipinski definition) is 1. The SMILES string of the molecule is Cc1cn(C)c2c1-c1ccccc1NC(=O)CCC2. The van der Waals surface area contributed by atoms with E-state index in [1.807, 2.05) is 18.2 Å². The van der Waals surface area contributed by atoms with E-state index in [9.17, 15) is 4.79 Å². The van der Waals surface area contributed by atoms with Crippen molar-refractivity contribution >= 4 is 11.6 Å². The van der Waals surface area contributed by atoms with E-state index < -0.39 is 0 Å². The molecule has 2 heterocycles. The normalized spacial score (nSPS) is 14.7. The molecule has 3 heteroatoms. The van der Waals surface area contributed by atoms with Crippen molar-refractivity contribution in [1.82, 2.24) is 4.57 Å². The Morgan fingerprint density at radius 2 is 2.00 bits per heavy atom. The van der Waals surface area contributed by atoms with Gasteiger partial charge >= 0.3 is 0 Å². The number of hydrogen-bond acceptors (Lipinski definition) is 1. The Kier molecular flexibility index (Phi) is 2.90. The summed E-state index contributed by atoms with van der Waals surface area (Å²) < 4.78 is 2.19. The van der Waals surface area contributed by atoms with Crippen LogP contribution in [0.2, 0.25) is 0 Å². The highest BCUT2D eigenvalue weighted by molar-refractivity contribution is 5.96. The van der Waals surface area contributed by atoms with Gasteiger partial charge in [-0.2, -0.15) is 0 Å². The van der Waals surface area contributed by atoms with Crippen LogP contribution in [0.3, 0.4) is 0 Å². The fraction of sp³-hybridized carbons (Fsp3) is 0.312. The third-order valence-corrected chi connectivity index (χ3v) is 3.78. The van der Waals surface area contributed by atoms with E-state index in [0.717, 1.165) is 24.1 Å². The van der Waals surface area contributed by atoms with E-state index in [0.29, 0.717) is 6.42 Å². The molecule has 3 rings (SSSR count). The van der Waals surface area contributed by atoms with Crippen molar-refractivity contribution in [2.45, 2.75) is 26.2 Å². The second kappa shape index (κ2) is 4.57. The summed E-state index contributed by atoms with van der Waals surface area (Å²) in [5.41, 5.74) is 5.92. The van der Waals surface area contributed by atoms with Gasteiger partial charge in [-0.3, -0.25) is 4.79 Å². The number of para-hydroxylation sites is 1. The van der Waals surface area contributed by atoms with E-state index in [1.165, 1.54) is 16.8 Å². The van der Waals surface area contributed by atoms with Crippen LogP contribution < -0.4 is 5.32 Å². The van der Waals surface area contributed by atoms with Crippen LogP contribution in [0, 0.1) is 6.92 Å². The van der Waals surface area contributed by atoms with E-state index in [-0.39, 0.29) is 5.91 Å². The summed E-state index contributed by atoms with van der Waals surface area (Å²) in [4.78, 5) is 11.9. The number of rotatable bonds is 0. The molecule has 0 unspecified atom stereocenters. The number of benzene rings is 1. The van der Waals surface area contributed by atoms with Crippen molar-refractivity contribution in [3.05, 3.63) is 41.7 Å². The first-order valence-corrected chi connectivity index (χ1v) is 6.71. The molecule has 1 aliphatic rings. The second-order valence-electron chi connectivity index (χ2n) is 5.19. The molecule has 98 valence electrons. The van der Waals surface area contributed by atoms with Gasteiger partial charge in [0.2, 0.25) is 5.91 Å². The molecule has 1 aromatic heterocycles. The Labute approximate surface area is 113 Å². The van der Waals surface area contributed by atoms with Crippen molar-refractivity contribution in [3.63, 3.8) is 0 Å². The monoisotopic (exact) mass is 254 g/mol. The summed E-state index contributed by atoms with van der Waals surface area (Å²) in [6, 6.07) is 8.07. The highest BCUT2D eigenvalue weighted by atomic mass is 16.1. The predicted octanol–water partition coefficient (Wildman–Crippen LogP) is 3.28. The molecule has 0 radical (unpaired) electrons. The molecule has 0 bridgehead atoms. The van der Waals surface area contributed by atoms with E-state index in [1.54, 1.807) is 0 Å². The standard InChI is InChI=1S/C16H18N2O/c1-11-10-18(2)14-8-5-9-15(19)17-13-7-4-3-6-12(13)16(11)14/h3-4,6-7,10H,5,8-9H2,1-2H3,(H,17,19). The number of nitrogens with zero attached hydrogens (tertiary/aromatic N) is 1. The van der Waals surface area contributed by atoms with Gasteiger partial charge in [0.15, 0.2) is 0 Å². The Morgan fingerprint density at radius 1 is 1.21 bits per heavy atom. The van der Waals surface area contributed by atoms with Crippen LogP contribution in [0.4, 0.5) is 5.69 Å². The Balaban J connectivity index is 2.25. The fourth-order valence-corrected chi connectivity index (χ4v) is 2.95. The summed E-state index contributed by atoms with van der Waals surface area (Å²) in [5.74, 6) is 0.109. The molecule has 2 aromatic rings. The van der Waals surface area contributed by atoms with Gasteiger partial charge in [0.05, 0.1) is 0 Å². The number of amides is 1. The molecule has 0 aliphatic carbocycles. The summed E-state index contributed by atoms with van der Waals surface area (Å²) >= 11 is 0. The zero-order valence-corrected chi connectivity index (χ0v) is 11.4. The molecule has 0 spiro atoms. The van der Waals surface area contributed by atoms with Crippen LogP contribution in [-0.4, -0.2) is 10.5 Å². The van der Waals surface area contributed by atoms with Crippen LogP contribution >= 0.6 is 0 Å². The molecular weight excluding hydrogens is 236 g/mol. The van der Waals surface area contributed by atoms with E-state index in [4.69, 9.17) is 0 Å². The van der Waals surface area contributed by atoms with Crippen LogP contribution in [0.5, 0.6) is 0 Å². The minimum atomic E-state index is 0.109. The average molecular weight is 254 g/mol. The molecule has 1 N–H and O–H groups in total. The summed E-state index contributed by atoms with van der Waals surface area (Å²) in [7, 11) is 2.08. The minimum absolute atomic E-state index is 0.109. The molecule has 19 heavy (non-hydrogen) atoms. The number of nitrogens with one attached hydrogen (secondary N) is 1. The van der Waals surface area contributed by atoms with Crippen molar-refractivity contribution in [3.8, 4) is 11.1 Å². The number of fused-ring (bicyclic) bond motifs is 3. The van der Waals surface area contributed by atoms with E-state index in [2.05, 4.69) is 36.1 Å². The maximum atomic E-state index is 11.9. The van der Waals surface area contributed by atoms with Crippen LogP contribution in [0.25, 0.3) is 11.1 Å². The first kappa shape index (κ1) is 12.0. The number of aromatic nitrogens is 1. The minimum Gasteiger partial charge on any atom is -0.354 e. The second-order valence-corrected chi connectivity index (χ2v) is 5.19. The highest BCUT2D eigenvalue weighted by Gasteiger charge is 2.19. The predicted molar refractivity (Wildman–Crippen MR) is 77.2 cm³/mol. The van der Waals surface area contributed by atoms with Gasteiger partial charge in [-0.25, -0.2) is 0 Å². The molecule has 0 atom stereocenters. The van der Waals surface area contributed by atoms with Gasteiger partial charge in [0.25, 0.3) is 0 Å². The molecular formula is C16H18N2O. The Bertz CT molecular complexity index is 640. The van der Waals surface area contributed by atoms with Gasteiger partial charge in [0.1, 0.15) is 0 Å². The van der Waals surface area contributed by atoms with Crippen LogP contribution in [0.15, 0.2) is 30.5 Å². The van der Waals surface area contributed by atoms with Gasteiger partial charge < -0.3 is 9.88 Å². The lowest BCUT2D eigenvalue weighted by atomic mass is 9.99. The van der Waals surface area contributed by atoms with Gasteiger partial charge in [-0.15, -0.1) is 0 Å². The van der Waals surface area contributed by atoms with Gasteiger partial charge in [0, 0.05) is 42.2 Å². The number of anilines is 1. The van der Waals surface area contributed by atoms with Crippen molar-refractivity contribution in [2.75, 3.05) is 5.32 Å². The molecule has 1 amide bonds.